The third kappa shape index (κ3) is 5.47. The number of para-hydroxylation sites is 1. The van der Waals surface area contributed by atoms with Crippen LogP contribution in [0.25, 0.3) is 21.7 Å². The maximum absolute atomic E-state index is 13.8. The standard InChI is InChI=1S/C26H23N3O6S3/c1-4-34-23(32)16-11-13-18(14-12-16)28-21-20(38-26(28)36)22(31)29(17-9-7-6-8-10-17)25(27-21)37-19(15(3)30)24(33)35-5-2/h6-14,19H,4-5H2,1-3H3/t19-/m0/s1. The summed E-state index contributed by atoms with van der Waals surface area (Å²) in [6, 6.07) is 15.4. The SMILES string of the molecule is CCOC(=O)c1ccc(-n2c(=S)sc3c(=O)n(-c4ccccc4)c(S[C@@H](C(C)=O)C(=O)OCC)nc32)cc1. The topological polar surface area (TPSA) is 109 Å². The zero-order valence-corrected chi connectivity index (χ0v) is 23.2. The summed E-state index contributed by atoms with van der Waals surface area (Å²) in [6.07, 6.45) is 0. The van der Waals surface area contributed by atoms with E-state index in [4.69, 9.17) is 26.7 Å². The van der Waals surface area contributed by atoms with E-state index in [1.807, 2.05) is 6.07 Å². The van der Waals surface area contributed by atoms with Crippen LogP contribution in [-0.2, 0) is 19.1 Å². The molecule has 0 radical (unpaired) electrons. The second kappa shape index (κ2) is 11.8. The molecule has 12 heteroatoms. The van der Waals surface area contributed by atoms with Gasteiger partial charge in [0.25, 0.3) is 5.56 Å². The summed E-state index contributed by atoms with van der Waals surface area (Å²) in [5, 5.41) is -1.08. The van der Waals surface area contributed by atoms with E-state index < -0.39 is 28.5 Å². The molecule has 0 N–H and O–H groups in total. The predicted octanol–water partition coefficient (Wildman–Crippen LogP) is 4.76. The first kappa shape index (κ1) is 27.4. The number of rotatable bonds is 9. The van der Waals surface area contributed by atoms with Crippen molar-refractivity contribution < 1.29 is 23.9 Å². The summed E-state index contributed by atoms with van der Waals surface area (Å²) in [5.41, 5.74) is 1.35. The van der Waals surface area contributed by atoms with Crippen molar-refractivity contribution in [1.82, 2.24) is 14.1 Å². The Morgan fingerprint density at radius 2 is 1.61 bits per heavy atom. The lowest BCUT2D eigenvalue weighted by Crippen LogP contribution is -2.29. The van der Waals surface area contributed by atoms with Crippen molar-refractivity contribution in [2.45, 2.75) is 31.2 Å². The predicted molar refractivity (Wildman–Crippen MR) is 148 cm³/mol. The molecule has 0 saturated heterocycles. The van der Waals surface area contributed by atoms with Gasteiger partial charge >= 0.3 is 11.9 Å². The molecule has 38 heavy (non-hydrogen) atoms. The average Bonchev–Trinajstić information content (AvgIpc) is 3.24. The lowest BCUT2D eigenvalue weighted by molar-refractivity contribution is -0.144. The molecular formula is C26H23N3O6S3. The van der Waals surface area contributed by atoms with Crippen molar-refractivity contribution in [3.8, 4) is 11.4 Å². The number of fused-ring (bicyclic) bond motifs is 1. The van der Waals surface area contributed by atoms with E-state index >= 15 is 0 Å². The molecule has 0 aliphatic heterocycles. The maximum Gasteiger partial charge on any atom is 0.338 e. The van der Waals surface area contributed by atoms with Gasteiger partial charge in [-0.2, -0.15) is 0 Å². The van der Waals surface area contributed by atoms with Crippen molar-refractivity contribution >= 4 is 63.4 Å². The number of benzene rings is 2. The van der Waals surface area contributed by atoms with Gasteiger partial charge in [0.05, 0.1) is 24.5 Å². The molecule has 1 atom stereocenters. The summed E-state index contributed by atoms with van der Waals surface area (Å²) in [6.45, 7) is 5.02. The highest BCUT2D eigenvalue weighted by Gasteiger charge is 2.30. The van der Waals surface area contributed by atoms with E-state index in [1.54, 1.807) is 66.9 Å². The Balaban J connectivity index is 1.93. The number of nitrogens with zero attached hydrogens (tertiary/aromatic N) is 3. The van der Waals surface area contributed by atoms with E-state index in [1.165, 1.54) is 11.5 Å². The molecule has 0 spiro atoms. The minimum Gasteiger partial charge on any atom is -0.465 e. The van der Waals surface area contributed by atoms with Crippen LogP contribution < -0.4 is 5.56 Å². The molecule has 0 amide bonds. The highest BCUT2D eigenvalue weighted by molar-refractivity contribution is 8.01. The van der Waals surface area contributed by atoms with E-state index in [2.05, 4.69) is 0 Å². The summed E-state index contributed by atoms with van der Waals surface area (Å²) >= 11 is 7.54. The Labute approximate surface area is 231 Å². The quantitative estimate of drug-likeness (QED) is 0.0927. The van der Waals surface area contributed by atoms with Crippen molar-refractivity contribution in [3.05, 3.63) is 74.5 Å². The molecule has 196 valence electrons. The van der Waals surface area contributed by atoms with Gasteiger partial charge in [-0.1, -0.05) is 41.3 Å². The Bertz CT molecular complexity index is 1620. The van der Waals surface area contributed by atoms with Gasteiger partial charge in [-0.05, 0) is 69.4 Å². The number of hydrogen-bond donors (Lipinski definition) is 0. The molecule has 9 nitrogen and oxygen atoms in total. The van der Waals surface area contributed by atoms with Crippen LogP contribution in [0.2, 0.25) is 0 Å². The van der Waals surface area contributed by atoms with Crippen LogP contribution in [0.5, 0.6) is 0 Å². The van der Waals surface area contributed by atoms with Crippen molar-refractivity contribution in [1.29, 1.82) is 0 Å². The zero-order valence-electron chi connectivity index (χ0n) is 20.7. The van der Waals surface area contributed by atoms with Crippen LogP contribution in [0.4, 0.5) is 0 Å². The smallest absolute Gasteiger partial charge is 0.338 e. The number of thiazole rings is 1. The van der Waals surface area contributed by atoms with E-state index in [0.717, 1.165) is 23.1 Å². The van der Waals surface area contributed by atoms with Gasteiger partial charge in [-0.25, -0.2) is 9.78 Å². The first-order valence-corrected chi connectivity index (χ1v) is 13.7. The van der Waals surface area contributed by atoms with E-state index in [-0.39, 0.29) is 24.0 Å². The summed E-state index contributed by atoms with van der Waals surface area (Å²) in [5.74, 6) is -1.59. The van der Waals surface area contributed by atoms with Crippen LogP contribution in [-0.4, -0.2) is 50.3 Å². The fraction of sp³-hybridized carbons (Fsp3) is 0.231. The molecule has 0 unspecified atom stereocenters. The van der Waals surface area contributed by atoms with Crippen LogP contribution in [0.3, 0.4) is 0 Å². The maximum atomic E-state index is 13.8. The number of esters is 2. The number of carbonyl (C=O) groups excluding carboxylic acids is 3. The van der Waals surface area contributed by atoms with Crippen LogP contribution in [0.15, 0.2) is 64.5 Å². The van der Waals surface area contributed by atoms with Crippen LogP contribution in [0, 0.1) is 3.95 Å². The normalized spacial score (nSPS) is 11.8. The highest BCUT2D eigenvalue weighted by Crippen LogP contribution is 2.30. The number of aromatic nitrogens is 3. The molecule has 0 saturated carbocycles. The molecule has 4 aromatic rings. The van der Waals surface area contributed by atoms with Gasteiger partial charge in [0.15, 0.2) is 25.8 Å². The largest absolute Gasteiger partial charge is 0.465 e. The number of carbonyl (C=O) groups is 3. The minimum atomic E-state index is -1.21. The lowest BCUT2D eigenvalue weighted by atomic mass is 10.2. The monoisotopic (exact) mass is 569 g/mol. The first-order chi connectivity index (χ1) is 18.3. The van der Waals surface area contributed by atoms with Gasteiger partial charge in [0.2, 0.25) is 0 Å². The average molecular weight is 570 g/mol. The van der Waals surface area contributed by atoms with Gasteiger partial charge in [-0.3, -0.25) is 23.5 Å². The first-order valence-electron chi connectivity index (χ1n) is 11.6. The van der Waals surface area contributed by atoms with E-state index in [9.17, 15) is 19.2 Å². The lowest BCUT2D eigenvalue weighted by Gasteiger charge is -2.16. The fourth-order valence-corrected chi connectivity index (χ4v) is 5.91. The number of ether oxygens (including phenoxy) is 2. The molecule has 2 aromatic carbocycles. The molecule has 0 aliphatic carbocycles. The van der Waals surface area contributed by atoms with Crippen LogP contribution >= 0.6 is 35.3 Å². The third-order valence-electron chi connectivity index (χ3n) is 5.32. The second-order valence-corrected chi connectivity index (χ2v) is 10.6. The fourth-order valence-electron chi connectivity index (χ4n) is 3.63. The molecule has 4 rings (SSSR count). The summed E-state index contributed by atoms with van der Waals surface area (Å²) < 4.78 is 13.8. The summed E-state index contributed by atoms with van der Waals surface area (Å²) in [4.78, 5) is 55.6. The van der Waals surface area contributed by atoms with Gasteiger partial charge < -0.3 is 9.47 Å². The molecule has 2 aromatic heterocycles. The van der Waals surface area contributed by atoms with Crippen molar-refractivity contribution in [3.63, 3.8) is 0 Å². The Morgan fingerprint density at radius 1 is 0.974 bits per heavy atom. The number of ketones is 1. The minimum absolute atomic E-state index is 0.104. The molecular weight excluding hydrogens is 547 g/mol. The third-order valence-corrected chi connectivity index (χ3v) is 7.92. The number of Topliss-reactive ketones (excluding diaryl/α,β-unsaturated/α-hetero) is 1. The molecule has 0 bridgehead atoms. The van der Waals surface area contributed by atoms with Crippen molar-refractivity contribution in [2.24, 2.45) is 0 Å². The number of hydrogen-bond acceptors (Lipinski definition) is 10. The Morgan fingerprint density at radius 3 is 2.21 bits per heavy atom. The second-order valence-electron chi connectivity index (χ2n) is 7.85. The van der Waals surface area contributed by atoms with E-state index in [0.29, 0.717) is 25.6 Å². The highest BCUT2D eigenvalue weighted by atomic mass is 32.2. The van der Waals surface area contributed by atoms with Gasteiger partial charge in [0.1, 0.15) is 4.70 Å². The number of thioether (sulfide) groups is 1. The molecule has 0 aliphatic rings. The van der Waals surface area contributed by atoms with Gasteiger partial charge in [0, 0.05) is 5.69 Å². The molecule has 0 fully saturated rings. The Hall–Kier alpha value is -3.61. The Kier molecular flexibility index (Phi) is 8.55. The zero-order chi connectivity index (χ0) is 27.4. The van der Waals surface area contributed by atoms with Crippen LogP contribution in [0.1, 0.15) is 31.1 Å². The molecule has 2 heterocycles. The summed E-state index contributed by atoms with van der Waals surface area (Å²) in [7, 11) is 0. The van der Waals surface area contributed by atoms with Gasteiger partial charge in [-0.15, -0.1) is 0 Å². The van der Waals surface area contributed by atoms with Crippen molar-refractivity contribution in [2.75, 3.05) is 13.2 Å².